The summed E-state index contributed by atoms with van der Waals surface area (Å²) in [4.78, 5) is 20.9. The first-order valence-corrected chi connectivity index (χ1v) is 10.2. The van der Waals surface area contributed by atoms with Crippen molar-refractivity contribution < 1.29 is 9.53 Å². The summed E-state index contributed by atoms with van der Waals surface area (Å²) < 4.78 is 5.26. The third kappa shape index (κ3) is 4.40. The van der Waals surface area contributed by atoms with Crippen LogP contribution >= 0.6 is 0 Å². The first kappa shape index (κ1) is 20.5. The number of nitrogens with zero attached hydrogens (tertiary/aromatic N) is 2. The van der Waals surface area contributed by atoms with Crippen molar-refractivity contribution in [3.05, 3.63) is 89.4 Å². The van der Waals surface area contributed by atoms with Crippen LogP contribution in [0.15, 0.2) is 66.9 Å². The molecule has 1 unspecified atom stereocenters. The van der Waals surface area contributed by atoms with Gasteiger partial charge in [0.25, 0.3) is 5.91 Å². The minimum atomic E-state index is -0.541. The van der Waals surface area contributed by atoms with Gasteiger partial charge in [0.1, 0.15) is 11.4 Å². The molecule has 0 aliphatic carbocycles. The zero-order chi connectivity index (χ0) is 22.0. The molecule has 2 aromatic carbocycles. The van der Waals surface area contributed by atoms with E-state index in [0.29, 0.717) is 0 Å². The molecule has 156 valence electrons. The van der Waals surface area contributed by atoms with E-state index in [1.54, 1.807) is 13.2 Å². The summed E-state index contributed by atoms with van der Waals surface area (Å²) in [5, 5.41) is 0.975. The van der Waals surface area contributed by atoms with Crippen molar-refractivity contribution in [3.63, 3.8) is 0 Å². The van der Waals surface area contributed by atoms with Crippen molar-refractivity contribution in [2.24, 2.45) is 5.73 Å². The Morgan fingerprint density at radius 3 is 2.48 bits per heavy atom. The molecule has 2 N–H and O–H groups in total. The van der Waals surface area contributed by atoms with E-state index in [-0.39, 0.29) is 11.6 Å². The van der Waals surface area contributed by atoms with Crippen LogP contribution in [-0.4, -0.2) is 23.0 Å². The average Bonchev–Trinajstić information content (AvgIpc) is 2.79. The van der Waals surface area contributed by atoms with Gasteiger partial charge in [-0.2, -0.15) is 0 Å². The number of fused-ring (bicyclic) bond motifs is 1. The third-order valence-corrected chi connectivity index (χ3v) is 5.57. The van der Waals surface area contributed by atoms with E-state index in [2.05, 4.69) is 41.2 Å². The second-order valence-electron chi connectivity index (χ2n) is 7.84. The van der Waals surface area contributed by atoms with Crippen LogP contribution < -0.4 is 10.5 Å². The number of rotatable bonds is 6. The Balaban J connectivity index is 1.75. The van der Waals surface area contributed by atoms with Crippen LogP contribution in [0.5, 0.6) is 5.75 Å². The van der Waals surface area contributed by atoms with Gasteiger partial charge in [-0.3, -0.25) is 9.78 Å². The lowest BCUT2D eigenvalue weighted by molar-refractivity contribution is 0.0996. The van der Waals surface area contributed by atoms with E-state index < -0.39 is 5.91 Å². The molecule has 5 nitrogen and oxygen atoms in total. The SMILES string of the molecule is COc1ccc(-c2cc(C(N)=O)nc3cc(C(C)Cc4ccc(C)nc4)ccc23)cc1. The Labute approximate surface area is 181 Å². The number of nitrogens with two attached hydrogens (primary N) is 1. The number of carbonyl (C=O) groups excluding carboxylic acids is 1. The molecular weight excluding hydrogens is 386 g/mol. The molecular formula is C26H25N3O2. The highest BCUT2D eigenvalue weighted by molar-refractivity contribution is 6.01. The lowest BCUT2D eigenvalue weighted by atomic mass is 9.92. The molecule has 31 heavy (non-hydrogen) atoms. The molecule has 2 aromatic heterocycles. The monoisotopic (exact) mass is 411 g/mol. The zero-order valence-corrected chi connectivity index (χ0v) is 17.9. The van der Waals surface area contributed by atoms with Gasteiger partial charge in [0.2, 0.25) is 0 Å². The Hall–Kier alpha value is -3.73. The maximum atomic E-state index is 11.9. The zero-order valence-electron chi connectivity index (χ0n) is 17.9. The van der Waals surface area contributed by atoms with Gasteiger partial charge in [-0.25, -0.2) is 4.98 Å². The maximum Gasteiger partial charge on any atom is 0.267 e. The van der Waals surface area contributed by atoms with Crippen molar-refractivity contribution in [2.75, 3.05) is 7.11 Å². The molecule has 4 aromatic rings. The lowest BCUT2D eigenvalue weighted by Crippen LogP contribution is -2.13. The molecule has 0 aliphatic heterocycles. The number of hydrogen-bond acceptors (Lipinski definition) is 4. The summed E-state index contributed by atoms with van der Waals surface area (Å²) in [6.07, 6.45) is 2.80. The number of aromatic nitrogens is 2. The number of methoxy groups -OCH3 is 1. The van der Waals surface area contributed by atoms with Crippen molar-refractivity contribution in [1.82, 2.24) is 9.97 Å². The summed E-state index contributed by atoms with van der Waals surface area (Å²) in [6, 6.07) is 19.9. The molecule has 4 rings (SSSR count). The molecule has 0 saturated carbocycles. The Morgan fingerprint density at radius 1 is 1.06 bits per heavy atom. The molecule has 0 spiro atoms. The van der Waals surface area contributed by atoms with E-state index in [0.717, 1.165) is 45.5 Å². The Kier molecular flexibility index (Phi) is 5.67. The van der Waals surface area contributed by atoms with Crippen LogP contribution in [0.2, 0.25) is 0 Å². The van der Waals surface area contributed by atoms with E-state index in [9.17, 15) is 4.79 Å². The number of aryl methyl sites for hydroxylation is 1. The van der Waals surface area contributed by atoms with Crippen LogP contribution in [0, 0.1) is 6.92 Å². The molecule has 0 saturated heterocycles. The fourth-order valence-corrected chi connectivity index (χ4v) is 3.78. The average molecular weight is 412 g/mol. The minimum absolute atomic E-state index is 0.255. The van der Waals surface area contributed by atoms with E-state index in [4.69, 9.17) is 10.5 Å². The second kappa shape index (κ2) is 8.56. The van der Waals surface area contributed by atoms with Gasteiger partial charge in [0.05, 0.1) is 12.6 Å². The quantitative estimate of drug-likeness (QED) is 0.481. The predicted octanol–water partition coefficient (Wildman–Crippen LogP) is 5.06. The van der Waals surface area contributed by atoms with E-state index in [1.807, 2.05) is 43.5 Å². The van der Waals surface area contributed by atoms with E-state index in [1.165, 1.54) is 5.56 Å². The summed E-state index contributed by atoms with van der Waals surface area (Å²) in [5.74, 6) is 0.511. The van der Waals surface area contributed by atoms with Gasteiger partial charge in [0.15, 0.2) is 0 Å². The smallest absolute Gasteiger partial charge is 0.267 e. The number of carbonyl (C=O) groups is 1. The normalized spacial score (nSPS) is 12.0. The number of benzene rings is 2. The third-order valence-electron chi connectivity index (χ3n) is 5.57. The van der Waals surface area contributed by atoms with E-state index >= 15 is 0 Å². The largest absolute Gasteiger partial charge is 0.497 e. The molecule has 0 bridgehead atoms. The first-order chi connectivity index (χ1) is 14.9. The highest BCUT2D eigenvalue weighted by Crippen LogP contribution is 2.32. The molecule has 0 fully saturated rings. The van der Waals surface area contributed by atoms with Crippen LogP contribution in [0.3, 0.4) is 0 Å². The van der Waals surface area contributed by atoms with Crippen molar-refractivity contribution in [3.8, 4) is 16.9 Å². The Bertz CT molecular complexity index is 1230. The number of pyridine rings is 2. The van der Waals surface area contributed by atoms with Gasteiger partial charge < -0.3 is 10.5 Å². The number of ether oxygens (including phenoxy) is 1. The number of hydrogen-bond donors (Lipinski definition) is 1. The molecule has 1 amide bonds. The van der Waals surface area contributed by atoms with Crippen LogP contribution in [0.25, 0.3) is 22.0 Å². The van der Waals surface area contributed by atoms with Gasteiger partial charge in [-0.15, -0.1) is 0 Å². The second-order valence-corrected chi connectivity index (χ2v) is 7.84. The summed E-state index contributed by atoms with van der Waals surface area (Å²) in [6.45, 7) is 4.17. The number of primary amides is 1. The van der Waals surface area contributed by atoms with Crippen LogP contribution in [0.4, 0.5) is 0 Å². The fourth-order valence-electron chi connectivity index (χ4n) is 3.78. The molecule has 0 radical (unpaired) electrons. The summed E-state index contributed by atoms with van der Waals surface area (Å²) in [7, 11) is 1.64. The van der Waals surface area contributed by atoms with Crippen molar-refractivity contribution in [1.29, 1.82) is 0 Å². The molecule has 5 heteroatoms. The predicted molar refractivity (Wildman–Crippen MR) is 123 cm³/mol. The van der Waals surface area contributed by atoms with Crippen LogP contribution in [0.1, 0.15) is 40.2 Å². The Morgan fingerprint density at radius 2 is 1.84 bits per heavy atom. The molecule has 0 aliphatic rings. The lowest BCUT2D eigenvalue weighted by Gasteiger charge is -2.15. The first-order valence-electron chi connectivity index (χ1n) is 10.2. The molecule has 2 heterocycles. The standard InChI is InChI=1S/C26H25N3O2/c1-16(12-18-5-4-17(2)28-15-18)20-8-11-22-23(19-6-9-21(31-3)10-7-19)14-25(26(27)30)29-24(22)13-20/h4-11,13-16H,12H2,1-3H3,(H2,27,30). The van der Waals surface area contributed by atoms with Gasteiger partial charge in [-0.1, -0.05) is 37.3 Å². The van der Waals surface area contributed by atoms with Crippen molar-refractivity contribution in [2.45, 2.75) is 26.2 Å². The van der Waals surface area contributed by atoms with Gasteiger partial charge >= 0.3 is 0 Å². The molecule has 1 atom stereocenters. The number of amides is 1. The van der Waals surface area contributed by atoms with Gasteiger partial charge in [0, 0.05) is 17.3 Å². The highest BCUT2D eigenvalue weighted by atomic mass is 16.5. The van der Waals surface area contributed by atoms with Crippen molar-refractivity contribution >= 4 is 16.8 Å². The topological polar surface area (TPSA) is 78.1 Å². The van der Waals surface area contributed by atoms with Crippen LogP contribution in [-0.2, 0) is 6.42 Å². The van der Waals surface area contributed by atoms with Gasteiger partial charge in [-0.05, 0) is 71.8 Å². The summed E-state index contributed by atoms with van der Waals surface area (Å²) >= 11 is 0. The summed E-state index contributed by atoms with van der Waals surface area (Å²) in [5.41, 5.74) is 11.8. The minimum Gasteiger partial charge on any atom is -0.497 e. The fraction of sp³-hybridized carbons (Fsp3) is 0.192. The highest BCUT2D eigenvalue weighted by Gasteiger charge is 2.14. The maximum absolute atomic E-state index is 11.9.